The number of carboxylic acid groups (broad SMARTS) is 4. The molecule has 1 aliphatic rings. The number of amides is 1. The third-order valence-corrected chi connectivity index (χ3v) is 2.70. The van der Waals surface area contributed by atoms with Gasteiger partial charge in [-0.15, -0.1) is 0 Å². The predicted molar refractivity (Wildman–Crippen MR) is 69.5 cm³/mol. The molecule has 11 nitrogen and oxygen atoms in total. The molecule has 1 rings (SSSR count). The average Bonchev–Trinajstić information content (AvgIpc) is 2.80. The summed E-state index contributed by atoms with van der Waals surface area (Å²) in [7, 11) is 0. The molecule has 0 radical (unpaired) electrons. The minimum atomic E-state index is -1.49. The topological polar surface area (TPSA) is 193 Å². The van der Waals surface area contributed by atoms with E-state index in [4.69, 9.17) is 25.5 Å². The third kappa shape index (κ3) is 8.01. The van der Waals surface area contributed by atoms with Gasteiger partial charge in [-0.3, -0.25) is 9.59 Å². The summed E-state index contributed by atoms with van der Waals surface area (Å²) in [6.07, 6.45) is -2.31. The molecule has 0 aliphatic carbocycles. The monoisotopic (exact) mass is 322 g/mol. The van der Waals surface area contributed by atoms with Gasteiger partial charge in [0, 0.05) is 6.42 Å². The van der Waals surface area contributed by atoms with Crippen LogP contribution in [0.4, 0.5) is 4.79 Å². The smallest absolute Gasteiger partial charge is 0.405 e. The van der Waals surface area contributed by atoms with Gasteiger partial charge in [-0.2, -0.15) is 0 Å². The van der Waals surface area contributed by atoms with E-state index in [1.807, 2.05) is 0 Å². The molecule has 11 heteroatoms. The Morgan fingerprint density at radius 1 is 1.14 bits per heavy atom. The maximum absolute atomic E-state index is 10.3. The summed E-state index contributed by atoms with van der Waals surface area (Å²) < 4.78 is 0. The third-order valence-electron chi connectivity index (χ3n) is 2.70. The van der Waals surface area contributed by atoms with Gasteiger partial charge in [0.15, 0.2) is 0 Å². The number of nitrogens with one attached hydrogen (secondary N) is 2. The minimum Gasteiger partial charge on any atom is -0.481 e. The Labute approximate surface area is 124 Å². The summed E-state index contributed by atoms with van der Waals surface area (Å²) in [5, 5.41) is 46.4. The maximum atomic E-state index is 10.3. The molecule has 1 amide bonds. The van der Waals surface area contributed by atoms with Crippen molar-refractivity contribution in [1.29, 1.82) is 0 Å². The fourth-order valence-electron chi connectivity index (χ4n) is 1.62. The van der Waals surface area contributed by atoms with Crippen molar-refractivity contribution >= 4 is 24.0 Å². The van der Waals surface area contributed by atoms with Gasteiger partial charge in [-0.05, 0) is 19.4 Å². The number of carboxylic acids is 3. The van der Waals surface area contributed by atoms with Gasteiger partial charge in [0.1, 0.15) is 12.1 Å². The highest BCUT2D eigenvalue weighted by atomic mass is 16.4. The molecule has 0 bridgehead atoms. The molecule has 0 spiro atoms. The second-order valence-corrected chi connectivity index (χ2v) is 4.40. The Bertz CT molecular complexity index is 426. The summed E-state index contributed by atoms with van der Waals surface area (Å²) in [4.78, 5) is 40.6. The highest BCUT2D eigenvalue weighted by Gasteiger charge is 2.30. The Morgan fingerprint density at radius 3 is 2.00 bits per heavy atom. The zero-order valence-corrected chi connectivity index (χ0v) is 11.4. The van der Waals surface area contributed by atoms with Crippen molar-refractivity contribution in [2.24, 2.45) is 0 Å². The van der Waals surface area contributed by atoms with Crippen LogP contribution in [0.15, 0.2) is 0 Å². The lowest BCUT2D eigenvalue weighted by molar-refractivity contribution is -0.142. The first-order chi connectivity index (χ1) is 10.1. The number of hydrogen-bond donors (Lipinski definition) is 7. The van der Waals surface area contributed by atoms with Crippen molar-refractivity contribution in [1.82, 2.24) is 10.6 Å². The maximum Gasteiger partial charge on any atom is 0.405 e. The van der Waals surface area contributed by atoms with Gasteiger partial charge in [0.05, 0.1) is 6.10 Å². The van der Waals surface area contributed by atoms with Gasteiger partial charge in [-0.1, -0.05) is 0 Å². The summed E-state index contributed by atoms with van der Waals surface area (Å²) in [5.41, 5.74) is 0. The lowest BCUT2D eigenvalue weighted by Gasteiger charge is -2.09. The predicted octanol–water partition coefficient (Wildman–Crippen LogP) is -1.63. The van der Waals surface area contributed by atoms with Crippen LogP contribution in [0.3, 0.4) is 0 Å². The molecule has 1 unspecified atom stereocenters. The Kier molecular flexibility index (Phi) is 8.48. The van der Waals surface area contributed by atoms with E-state index < -0.39 is 48.6 Å². The van der Waals surface area contributed by atoms with Crippen molar-refractivity contribution in [3.63, 3.8) is 0 Å². The molecule has 3 atom stereocenters. The van der Waals surface area contributed by atoms with Crippen molar-refractivity contribution in [3.8, 4) is 0 Å². The van der Waals surface area contributed by atoms with Crippen molar-refractivity contribution < 1.29 is 44.7 Å². The number of rotatable bonds is 6. The molecule has 22 heavy (non-hydrogen) atoms. The van der Waals surface area contributed by atoms with E-state index in [-0.39, 0.29) is 6.42 Å². The molecule has 0 aromatic carbocycles. The van der Waals surface area contributed by atoms with Crippen LogP contribution in [-0.4, -0.2) is 74.3 Å². The summed E-state index contributed by atoms with van der Waals surface area (Å²) >= 11 is 0. The van der Waals surface area contributed by atoms with Crippen LogP contribution in [0.25, 0.3) is 0 Å². The van der Waals surface area contributed by atoms with Crippen LogP contribution in [0, 0.1) is 0 Å². The first-order valence-corrected chi connectivity index (χ1v) is 6.23. The molecule has 1 saturated heterocycles. The normalized spacial score (nSPS) is 21.1. The number of hydrogen-bond acceptors (Lipinski definition) is 6. The van der Waals surface area contributed by atoms with E-state index in [0.717, 1.165) is 0 Å². The highest BCUT2D eigenvalue weighted by Crippen LogP contribution is 2.05. The van der Waals surface area contributed by atoms with Crippen LogP contribution in [0.5, 0.6) is 0 Å². The van der Waals surface area contributed by atoms with Crippen LogP contribution < -0.4 is 10.6 Å². The Hall–Kier alpha value is -2.40. The lowest BCUT2D eigenvalue weighted by Crippen LogP contribution is -2.40. The number of aliphatic hydroxyl groups excluding tert-OH is 1. The SMILES string of the molecule is O=C(O)CC[C@H](NC(=O)O)C(=O)O.O=C(O)[C@H]1NCCC1O. The van der Waals surface area contributed by atoms with Gasteiger partial charge in [0.25, 0.3) is 0 Å². The van der Waals surface area contributed by atoms with Crippen LogP contribution in [-0.2, 0) is 14.4 Å². The second-order valence-electron chi connectivity index (χ2n) is 4.40. The largest absolute Gasteiger partial charge is 0.481 e. The van der Waals surface area contributed by atoms with Gasteiger partial charge >= 0.3 is 24.0 Å². The van der Waals surface area contributed by atoms with Crippen LogP contribution in [0.1, 0.15) is 19.3 Å². The van der Waals surface area contributed by atoms with E-state index in [2.05, 4.69) is 5.32 Å². The first-order valence-electron chi connectivity index (χ1n) is 6.23. The van der Waals surface area contributed by atoms with Crippen molar-refractivity contribution in [3.05, 3.63) is 0 Å². The van der Waals surface area contributed by atoms with Crippen LogP contribution >= 0.6 is 0 Å². The van der Waals surface area contributed by atoms with E-state index in [0.29, 0.717) is 13.0 Å². The minimum absolute atomic E-state index is 0.267. The Morgan fingerprint density at radius 2 is 1.73 bits per heavy atom. The number of aliphatic hydroxyl groups is 1. The molecule has 7 N–H and O–H groups in total. The zero-order valence-electron chi connectivity index (χ0n) is 11.4. The molecule has 0 aromatic rings. The average molecular weight is 322 g/mol. The molecule has 0 saturated carbocycles. The molecular weight excluding hydrogens is 304 g/mol. The standard InChI is InChI=1S/C6H9NO6.C5H9NO3/c8-4(9)2-1-3(5(10)11)7-6(12)13;7-3-1-2-6-4(3)5(8)9/h3,7H,1-2H2,(H,8,9)(H,10,11)(H,12,13);3-4,6-7H,1-2H2,(H,8,9)/t3-;3?,4-/m00/s1. The molecule has 1 fully saturated rings. The molecule has 1 heterocycles. The summed E-state index contributed by atoms with van der Waals surface area (Å²) in [6.45, 7) is 0.595. The quantitative estimate of drug-likeness (QED) is 0.298. The molecular formula is C11H18N2O9. The number of aliphatic carboxylic acids is 3. The van der Waals surface area contributed by atoms with Gasteiger partial charge < -0.3 is 36.2 Å². The van der Waals surface area contributed by atoms with Gasteiger partial charge in [-0.25, -0.2) is 9.59 Å². The first kappa shape index (κ1) is 19.6. The fraction of sp³-hybridized carbons (Fsp3) is 0.636. The van der Waals surface area contributed by atoms with Gasteiger partial charge in [0.2, 0.25) is 0 Å². The molecule has 0 aromatic heterocycles. The van der Waals surface area contributed by atoms with E-state index in [1.54, 1.807) is 5.32 Å². The molecule has 1 aliphatic heterocycles. The molecule has 126 valence electrons. The summed E-state index contributed by atoms with van der Waals surface area (Å²) in [5.74, 6) is -3.53. The zero-order chi connectivity index (χ0) is 17.3. The van der Waals surface area contributed by atoms with E-state index in [1.165, 1.54) is 0 Å². The Balaban J connectivity index is 0.000000425. The highest BCUT2D eigenvalue weighted by molar-refractivity contribution is 5.79. The van der Waals surface area contributed by atoms with Crippen molar-refractivity contribution in [2.45, 2.75) is 37.5 Å². The summed E-state index contributed by atoms with van der Waals surface area (Å²) in [6, 6.07) is -2.11. The number of carbonyl (C=O) groups is 4. The fourth-order valence-corrected chi connectivity index (χ4v) is 1.62. The van der Waals surface area contributed by atoms with Crippen LogP contribution in [0.2, 0.25) is 0 Å². The van der Waals surface area contributed by atoms with Crippen molar-refractivity contribution in [2.75, 3.05) is 6.54 Å². The lowest BCUT2D eigenvalue weighted by atomic mass is 10.1. The van der Waals surface area contributed by atoms with E-state index >= 15 is 0 Å². The second kappa shape index (κ2) is 9.52. The van der Waals surface area contributed by atoms with E-state index in [9.17, 15) is 19.2 Å².